The molecule has 0 N–H and O–H groups in total. The number of ketones is 1. The summed E-state index contributed by atoms with van der Waals surface area (Å²) in [5.41, 5.74) is 3.09. The maximum absolute atomic E-state index is 10.9. The molecular weight excluding hydrogens is 212 g/mol. The Balaban J connectivity index is 2.12. The lowest BCUT2D eigenvalue weighted by molar-refractivity contribution is -0.116. The van der Waals surface area contributed by atoms with Crippen molar-refractivity contribution >= 4 is 5.78 Å². The summed E-state index contributed by atoms with van der Waals surface area (Å²) in [5.74, 6) is 0.196. The summed E-state index contributed by atoms with van der Waals surface area (Å²) in [7, 11) is 0. The molecule has 0 saturated heterocycles. The predicted octanol–water partition coefficient (Wildman–Crippen LogP) is 2.50. The summed E-state index contributed by atoms with van der Waals surface area (Å²) < 4.78 is 1.93. The largest absolute Gasteiger partial charge is 0.305 e. The smallest absolute Gasteiger partial charge is 0.130 e. The number of hydrogen-bond donors (Lipinski definition) is 0. The standard InChI is InChI=1S/C14H15N2O/c1-11-3-7-14(8-4-11)16-9-13(15-10-16)6-5-12(2)17/h3-4,7,9-10H,5-6H2,1-2H3. The number of aromatic nitrogens is 2. The number of benzene rings is 1. The Morgan fingerprint density at radius 1 is 1.47 bits per heavy atom. The Morgan fingerprint density at radius 2 is 2.29 bits per heavy atom. The minimum absolute atomic E-state index is 0.196. The summed E-state index contributed by atoms with van der Waals surface area (Å²) in [6.07, 6.45) is 4.96. The fraction of sp³-hybridized carbons (Fsp3) is 0.286. The van der Waals surface area contributed by atoms with E-state index in [0.29, 0.717) is 12.8 Å². The Morgan fingerprint density at radius 3 is 2.94 bits per heavy atom. The summed E-state index contributed by atoms with van der Waals surface area (Å²) >= 11 is 0. The molecule has 0 unspecified atom stereocenters. The minimum Gasteiger partial charge on any atom is -0.305 e. The van der Waals surface area contributed by atoms with E-state index in [4.69, 9.17) is 0 Å². The first-order chi connectivity index (χ1) is 8.15. The van der Waals surface area contributed by atoms with Gasteiger partial charge in [-0.1, -0.05) is 11.6 Å². The van der Waals surface area contributed by atoms with Crippen molar-refractivity contribution in [2.75, 3.05) is 0 Å². The fourth-order valence-corrected chi connectivity index (χ4v) is 1.58. The number of Topliss-reactive ketones (excluding diaryl/α,β-unsaturated/α-hetero) is 1. The van der Waals surface area contributed by atoms with E-state index in [9.17, 15) is 4.79 Å². The molecule has 0 aliphatic heterocycles. The molecule has 0 fully saturated rings. The third-order valence-corrected chi connectivity index (χ3v) is 2.60. The van der Waals surface area contributed by atoms with E-state index in [1.54, 1.807) is 13.3 Å². The van der Waals surface area contributed by atoms with Crippen LogP contribution in [0.15, 0.2) is 30.7 Å². The van der Waals surface area contributed by atoms with Gasteiger partial charge in [0.15, 0.2) is 0 Å². The number of imidazole rings is 1. The number of nitrogens with zero attached hydrogens (tertiary/aromatic N) is 2. The maximum atomic E-state index is 10.9. The number of hydrogen-bond acceptors (Lipinski definition) is 2. The zero-order valence-electron chi connectivity index (χ0n) is 10.1. The van der Waals surface area contributed by atoms with Gasteiger partial charge in [-0.05, 0) is 32.4 Å². The molecule has 0 aliphatic carbocycles. The van der Waals surface area contributed by atoms with Crippen molar-refractivity contribution in [2.45, 2.75) is 26.7 Å². The van der Waals surface area contributed by atoms with Crippen LogP contribution in [-0.2, 0) is 11.2 Å². The van der Waals surface area contributed by atoms with E-state index in [2.05, 4.69) is 11.1 Å². The number of carbonyl (C=O) groups is 1. The topological polar surface area (TPSA) is 34.9 Å². The molecule has 1 aromatic heterocycles. The molecule has 17 heavy (non-hydrogen) atoms. The average molecular weight is 227 g/mol. The van der Waals surface area contributed by atoms with Crippen molar-refractivity contribution < 1.29 is 4.79 Å². The van der Waals surface area contributed by atoms with Crippen molar-refractivity contribution in [3.63, 3.8) is 0 Å². The van der Waals surface area contributed by atoms with E-state index in [1.165, 1.54) is 5.56 Å². The van der Waals surface area contributed by atoms with Crippen LogP contribution in [0, 0.1) is 13.0 Å². The van der Waals surface area contributed by atoms with Gasteiger partial charge in [-0.25, -0.2) is 4.98 Å². The van der Waals surface area contributed by atoms with E-state index >= 15 is 0 Å². The second-order valence-corrected chi connectivity index (χ2v) is 4.23. The van der Waals surface area contributed by atoms with Crippen LogP contribution in [-0.4, -0.2) is 15.3 Å². The molecule has 87 valence electrons. The maximum Gasteiger partial charge on any atom is 0.130 e. The van der Waals surface area contributed by atoms with Crippen molar-refractivity contribution in [3.8, 4) is 5.69 Å². The minimum atomic E-state index is 0.196. The molecule has 1 radical (unpaired) electrons. The van der Waals surface area contributed by atoms with Crippen LogP contribution in [0.3, 0.4) is 0 Å². The zero-order chi connectivity index (χ0) is 12.3. The molecule has 2 rings (SSSR count). The quantitative estimate of drug-likeness (QED) is 0.804. The highest BCUT2D eigenvalue weighted by Crippen LogP contribution is 2.10. The van der Waals surface area contributed by atoms with Gasteiger partial charge in [-0.15, -0.1) is 0 Å². The average Bonchev–Trinajstić information content (AvgIpc) is 2.76. The Kier molecular flexibility index (Phi) is 3.38. The zero-order valence-corrected chi connectivity index (χ0v) is 10.1. The summed E-state index contributed by atoms with van der Waals surface area (Å²) in [6.45, 7) is 3.64. The van der Waals surface area contributed by atoms with Gasteiger partial charge in [0.1, 0.15) is 5.78 Å². The normalized spacial score (nSPS) is 10.5. The van der Waals surface area contributed by atoms with Gasteiger partial charge in [0.05, 0.1) is 17.7 Å². The van der Waals surface area contributed by atoms with Gasteiger partial charge in [-0.3, -0.25) is 0 Å². The van der Waals surface area contributed by atoms with Gasteiger partial charge < -0.3 is 9.36 Å². The fourth-order valence-electron chi connectivity index (χ4n) is 1.58. The Labute approximate surface area is 101 Å². The molecule has 0 spiro atoms. The van der Waals surface area contributed by atoms with Gasteiger partial charge >= 0.3 is 0 Å². The lowest BCUT2D eigenvalue weighted by Gasteiger charge is -2.00. The van der Waals surface area contributed by atoms with Crippen LogP contribution < -0.4 is 0 Å². The van der Waals surface area contributed by atoms with Crippen molar-refractivity contribution in [3.05, 3.63) is 48.0 Å². The van der Waals surface area contributed by atoms with E-state index in [-0.39, 0.29) is 5.78 Å². The highest BCUT2D eigenvalue weighted by molar-refractivity contribution is 5.75. The molecular formula is C14H15N2O. The summed E-state index contributed by atoms with van der Waals surface area (Å²) in [5, 5.41) is 0. The van der Waals surface area contributed by atoms with Crippen molar-refractivity contribution in [2.24, 2.45) is 0 Å². The lowest BCUT2D eigenvalue weighted by Crippen LogP contribution is -1.94. The van der Waals surface area contributed by atoms with E-state index in [0.717, 1.165) is 11.4 Å². The van der Waals surface area contributed by atoms with Gasteiger partial charge in [0.2, 0.25) is 0 Å². The molecule has 2 aromatic rings. The molecule has 0 atom stereocenters. The number of carbonyl (C=O) groups excluding carboxylic acids is 1. The first kappa shape index (κ1) is 11.6. The predicted molar refractivity (Wildman–Crippen MR) is 66.1 cm³/mol. The van der Waals surface area contributed by atoms with Gasteiger partial charge in [0, 0.05) is 18.7 Å². The SMILES string of the molecule is CC(=O)CCc1cn(-c2[c]cc(C)cc2)cn1. The van der Waals surface area contributed by atoms with Crippen LogP contribution >= 0.6 is 0 Å². The summed E-state index contributed by atoms with van der Waals surface area (Å²) in [6, 6.07) is 9.18. The van der Waals surface area contributed by atoms with Crippen LogP contribution in [0.1, 0.15) is 24.6 Å². The van der Waals surface area contributed by atoms with Crippen LogP contribution in [0.2, 0.25) is 0 Å². The van der Waals surface area contributed by atoms with Gasteiger partial charge in [-0.2, -0.15) is 0 Å². The number of aryl methyl sites for hydroxylation is 2. The molecule has 1 aromatic carbocycles. The van der Waals surface area contributed by atoms with E-state index < -0.39 is 0 Å². The second kappa shape index (κ2) is 4.95. The molecule has 0 amide bonds. The highest BCUT2D eigenvalue weighted by Gasteiger charge is 2.02. The van der Waals surface area contributed by atoms with Crippen LogP contribution in [0.5, 0.6) is 0 Å². The first-order valence-corrected chi connectivity index (χ1v) is 5.66. The molecule has 3 heteroatoms. The molecule has 0 bridgehead atoms. The number of rotatable bonds is 4. The molecule has 0 saturated carbocycles. The second-order valence-electron chi connectivity index (χ2n) is 4.23. The third kappa shape index (κ3) is 3.03. The molecule has 0 aliphatic rings. The third-order valence-electron chi connectivity index (χ3n) is 2.60. The van der Waals surface area contributed by atoms with Crippen LogP contribution in [0.25, 0.3) is 5.69 Å². The Hall–Kier alpha value is -1.90. The lowest BCUT2D eigenvalue weighted by atomic mass is 10.2. The first-order valence-electron chi connectivity index (χ1n) is 5.66. The van der Waals surface area contributed by atoms with Crippen LogP contribution in [0.4, 0.5) is 0 Å². The van der Waals surface area contributed by atoms with Gasteiger partial charge in [0.25, 0.3) is 0 Å². The monoisotopic (exact) mass is 227 g/mol. The highest BCUT2D eigenvalue weighted by atomic mass is 16.1. The molecule has 1 heterocycles. The van der Waals surface area contributed by atoms with E-state index in [1.807, 2.05) is 35.9 Å². The Bertz CT molecular complexity index is 511. The summed E-state index contributed by atoms with van der Waals surface area (Å²) in [4.78, 5) is 15.2. The van der Waals surface area contributed by atoms with Crippen molar-refractivity contribution in [1.29, 1.82) is 0 Å². The van der Waals surface area contributed by atoms with Crippen molar-refractivity contribution in [1.82, 2.24) is 9.55 Å². The molecule has 3 nitrogen and oxygen atoms in total.